The maximum atomic E-state index is 12.9. The lowest BCUT2D eigenvalue weighted by Crippen LogP contribution is -2.30. The molecule has 128 valence electrons. The van der Waals surface area contributed by atoms with Crippen molar-refractivity contribution >= 4 is 17.5 Å². The summed E-state index contributed by atoms with van der Waals surface area (Å²) in [4.78, 5) is 31.0. The average Bonchev–Trinajstić information content (AvgIpc) is 3.29. The highest BCUT2D eigenvalue weighted by molar-refractivity contribution is 6.35. The Bertz CT molecular complexity index is 1010. The first-order chi connectivity index (χ1) is 12.7. The Balaban J connectivity index is 1.72. The molecule has 1 aromatic heterocycles. The number of amides is 2. The molecule has 0 saturated heterocycles. The van der Waals surface area contributed by atoms with E-state index in [1.807, 2.05) is 0 Å². The summed E-state index contributed by atoms with van der Waals surface area (Å²) in [7, 11) is 0. The van der Waals surface area contributed by atoms with Gasteiger partial charge in [0.1, 0.15) is 13.2 Å². The van der Waals surface area contributed by atoms with Crippen molar-refractivity contribution in [2.45, 2.75) is 0 Å². The molecule has 0 bridgehead atoms. The van der Waals surface area contributed by atoms with Crippen LogP contribution in [0, 0.1) is 0 Å². The van der Waals surface area contributed by atoms with Crippen LogP contribution in [0.1, 0.15) is 20.7 Å². The molecule has 7 heteroatoms. The first kappa shape index (κ1) is 14.7. The molecular weight excluding hydrogens is 334 g/mol. The highest BCUT2D eigenvalue weighted by Gasteiger charge is 2.38. The Kier molecular flexibility index (Phi) is 3.08. The maximum Gasteiger partial charge on any atom is 0.266 e. The highest BCUT2D eigenvalue weighted by atomic mass is 16.6. The third-order valence-corrected chi connectivity index (χ3v) is 4.46. The zero-order valence-electron chi connectivity index (χ0n) is 13.6. The predicted octanol–water partition coefficient (Wildman–Crippen LogP) is 2.44. The van der Waals surface area contributed by atoms with Crippen LogP contribution in [0.2, 0.25) is 0 Å². The summed E-state index contributed by atoms with van der Waals surface area (Å²) in [6, 6.07) is 10.2. The number of benzene rings is 2. The number of anilines is 1. The Morgan fingerprint density at radius 3 is 2.08 bits per heavy atom. The van der Waals surface area contributed by atoms with Gasteiger partial charge in [0.2, 0.25) is 0 Å². The minimum atomic E-state index is -0.358. The van der Waals surface area contributed by atoms with E-state index in [1.165, 1.54) is 4.90 Å². The number of nitrogens with zero attached hydrogens (tertiary/aromatic N) is 3. The van der Waals surface area contributed by atoms with Crippen LogP contribution in [-0.2, 0) is 0 Å². The number of carbonyl (C=O) groups excluding carboxylic acids is 2. The van der Waals surface area contributed by atoms with Crippen molar-refractivity contribution in [3.8, 4) is 17.2 Å². The number of fused-ring (bicyclic) bond motifs is 2. The molecular formula is C19H13N3O4. The zero-order valence-corrected chi connectivity index (χ0v) is 13.6. The molecule has 0 atom stereocenters. The fraction of sp³-hybridized carbons (Fsp3) is 0.105. The van der Waals surface area contributed by atoms with E-state index in [-0.39, 0.29) is 11.8 Å². The van der Waals surface area contributed by atoms with Gasteiger partial charge in [0.15, 0.2) is 11.5 Å². The van der Waals surface area contributed by atoms with Crippen molar-refractivity contribution in [3.05, 3.63) is 66.2 Å². The van der Waals surface area contributed by atoms with Crippen LogP contribution in [-0.4, -0.2) is 34.6 Å². The van der Waals surface area contributed by atoms with Gasteiger partial charge in [-0.1, -0.05) is 12.1 Å². The van der Waals surface area contributed by atoms with Gasteiger partial charge < -0.3 is 14.0 Å². The summed E-state index contributed by atoms with van der Waals surface area (Å²) in [5.74, 6) is 0.360. The molecule has 0 spiro atoms. The van der Waals surface area contributed by atoms with Gasteiger partial charge in [-0.2, -0.15) is 0 Å². The molecule has 3 aromatic rings. The van der Waals surface area contributed by atoms with Crippen LogP contribution in [0.25, 0.3) is 5.69 Å². The molecule has 0 fully saturated rings. The second kappa shape index (κ2) is 5.45. The molecule has 0 unspecified atom stereocenters. The SMILES string of the molecule is O=C1c2ccccc2C(=O)N1c1cc2c(cc1-n1ccnc1)OCCO2. The Morgan fingerprint density at radius 1 is 0.885 bits per heavy atom. The van der Waals surface area contributed by atoms with Crippen molar-refractivity contribution in [1.82, 2.24) is 9.55 Å². The number of rotatable bonds is 2. The largest absolute Gasteiger partial charge is 0.486 e. The van der Waals surface area contributed by atoms with E-state index in [9.17, 15) is 9.59 Å². The van der Waals surface area contributed by atoms with Gasteiger partial charge in [-0.15, -0.1) is 0 Å². The van der Waals surface area contributed by atoms with Gasteiger partial charge in [-0.05, 0) is 12.1 Å². The van der Waals surface area contributed by atoms with Gasteiger partial charge in [0, 0.05) is 24.5 Å². The summed E-state index contributed by atoms with van der Waals surface area (Å²) in [5.41, 5.74) is 1.83. The third-order valence-electron chi connectivity index (χ3n) is 4.46. The molecule has 2 aliphatic rings. The number of imidazole rings is 1. The summed E-state index contributed by atoms with van der Waals surface area (Å²) < 4.78 is 13.0. The van der Waals surface area contributed by atoms with E-state index in [0.717, 1.165) is 0 Å². The van der Waals surface area contributed by atoms with Crippen LogP contribution in [0.3, 0.4) is 0 Å². The molecule has 5 rings (SSSR count). The monoisotopic (exact) mass is 347 g/mol. The smallest absolute Gasteiger partial charge is 0.266 e. The molecule has 26 heavy (non-hydrogen) atoms. The Morgan fingerprint density at radius 2 is 1.50 bits per heavy atom. The zero-order chi connectivity index (χ0) is 17.7. The molecule has 7 nitrogen and oxygen atoms in total. The van der Waals surface area contributed by atoms with Crippen molar-refractivity contribution in [1.29, 1.82) is 0 Å². The van der Waals surface area contributed by atoms with Crippen molar-refractivity contribution in [3.63, 3.8) is 0 Å². The van der Waals surface area contributed by atoms with Crippen molar-refractivity contribution < 1.29 is 19.1 Å². The quantitative estimate of drug-likeness (QED) is 0.666. The molecule has 0 N–H and O–H groups in total. The van der Waals surface area contributed by atoms with E-state index >= 15 is 0 Å². The highest BCUT2D eigenvalue weighted by Crippen LogP contribution is 2.41. The van der Waals surface area contributed by atoms with Gasteiger partial charge in [0.25, 0.3) is 11.8 Å². The second-order valence-electron chi connectivity index (χ2n) is 5.95. The fourth-order valence-electron chi connectivity index (χ4n) is 3.26. The van der Waals surface area contributed by atoms with E-state index in [0.29, 0.717) is 47.2 Å². The first-order valence-electron chi connectivity index (χ1n) is 8.14. The summed E-state index contributed by atoms with van der Waals surface area (Å²) in [6.07, 6.45) is 4.98. The van der Waals surface area contributed by atoms with Gasteiger partial charge in [-0.3, -0.25) is 9.59 Å². The number of imide groups is 1. The minimum absolute atomic E-state index is 0.358. The standard InChI is InChI=1S/C19H13N3O4/c23-18-12-3-1-2-4-13(12)19(24)22(18)15-10-17-16(25-7-8-26-17)9-14(15)21-6-5-20-11-21/h1-6,9-11H,7-8H2. The van der Waals surface area contributed by atoms with Gasteiger partial charge >= 0.3 is 0 Å². The summed E-state index contributed by atoms with van der Waals surface area (Å²) in [5, 5.41) is 0. The van der Waals surface area contributed by atoms with Crippen LogP contribution in [0.5, 0.6) is 11.5 Å². The molecule has 2 aliphatic heterocycles. The number of ether oxygens (including phenoxy) is 2. The van der Waals surface area contributed by atoms with Gasteiger partial charge in [0.05, 0.1) is 28.8 Å². The minimum Gasteiger partial charge on any atom is -0.486 e. The topological polar surface area (TPSA) is 73.7 Å². The Hall–Kier alpha value is -3.61. The number of hydrogen-bond donors (Lipinski definition) is 0. The number of aromatic nitrogens is 2. The molecule has 2 amide bonds. The fourth-order valence-corrected chi connectivity index (χ4v) is 3.26. The van der Waals surface area contributed by atoms with Crippen LogP contribution in [0.15, 0.2) is 55.1 Å². The molecule has 0 radical (unpaired) electrons. The predicted molar refractivity (Wildman–Crippen MR) is 92.1 cm³/mol. The summed E-state index contributed by atoms with van der Waals surface area (Å²) in [6.45, 7) is 0.863. The molecule has 0 saturated carbocycles. The lowest BCUT2D eigenvalue weighted by atomic mass is 10.1. The lowest BCUT2D eigenvalue weighted by molar-refractivity contribution is 0.0926. The third kappa shape index (κ3) is 2.03. The van der Waals surface area contributed by atoms with E-state index in [4.69, 9.17) is 9.47 Å². The van der Waals surface area contributed by atoms with Crippen LogP contribution >= 0.6 is 0 Å². The van der Waals surface area contributed by atoms with E-state index in [2.05, 4.69) is 4.98 Å². The molecule has 0 aliphatic carbocycles. The Labute approximate surface area is 148 Å². The normalized spacial score (nSPS) is 15.3. The first-order valence-corrected chi connectivity index (χ1v) is 8.14. The van der Waals surface area contributed by atoms with Crippen molar-refractivity contribution in [2.24, 2.45) is 0 Å². The number of carbonyl (C=O) groups is 2. The second-order valence-corrected chi connectivity index (χ2v) is 5.95. The maximum absolute atomic E-state index is 12.9. The van der Waals surface area contributed by atoms with Gasteiger partial charge in [-0.25, -0.2) is 9.88 Å². The van der Waals surface area contributed by atoms with Crippen LogP contribution < -0.4 is 14.4 Å². The molecule has 2 aromatic carbocycles. The van der Waals surface area contributed by atoms with Crippen molar-refractivity contribution in [2.75, 3.05) is 18.1 Å². The van der Waals surface area contributed by atoms with E-state index in [1.54, 1.807) is 59.7 Å². The van der Waals surface area contributed by atoms with Crippen LogP contribution in [0.4, 0.5) is 5.69 Å². The average molecular weight is 347 g/mol. The summed E-state index contributed by atoms with van der Waals surface area (Å²) >= 11 is 0. The van der Waals surface area contributed by atoms with E-state index < -0.39 is 0 Å². The number of hydrogen-bond acceptors (Lipinski definition) is 5. The lowest BCUT2D eigenvalue weighted by Gasteiger charge is -2.24. The molecule has 3 heterocycles.